The second-order valence-electron chi connectivity index (χ2n) is 11.8. The predicted molar refractivity (Wildman–Crippen MR) is 143 cm³/mol. The second kappa shape index (κ2) is 9.36. The maximum Gasteiger partial charge on any atom is 0.418 e. The fourth-order valence-electron chi connectivity index (χ4n) is 5.97. The molecule has 3 atom stereocenters. The number of benzene rings is 1. The molecule has 0 radical (unpaired) electrons. The van der Waals surface area contributed by atoms with Crippen LogP contribution in [0.5, 0.6) is 0 Å². The van der Waals surface area contributed by atoms with Gasteiger partial charge in [0.05, 0.1) is 22.5 Å². The highest BCUT2D eigenvalue weighted by Crippen LogP contribution is 2.52. The van der Waals surface area contributed by atoms with Crippen molar-refractivity contribution < 1.29 is 22.0 Å². The third-order valence-electron chi connectivity index (χ3n) is 8.51. The number of alkyl halides is 5. The standard InChI is InChI=1S/C29H30F5N5O/c1-18-10-23(36-35-13-18)25(30)27(2,31)20-4-3-5-21(12-20)38-16-24-22(29(32,33)34)11-19(15-39(24)26(38)40)14-37-9-8-28(17-37)6-7-28/h3-5,11-13,15-16,18,25H,6-10,14,17H2,1-2H3/t18?,25?,27-/m1/s1. The Kier molecular flexibility index (Phi) is 6.28. The Morgan fingerprint density at radius 1 is 1.12 bits per heavy atom. The zero-order valence-corrected chi connectivity index (χ0v) is 22.3. The van der Waals surface area contributed by atoms with Crippen LogP contribution in [0, 0.1) is 11.3 Å². The van der Waals surface area contributed by atoms with Gasteiger partial charge in [-0.15, -0.1) is 0 Å². The predicted octanol–water partition coefficient (Wildman–Crippen LogP) is 6.08. The number of aromatic nitrogens is 2. The summed E-state index contributed by atoms with van der Waals surface area (Å²) < 4.78 is 75.8. The quantitative estimate of drug-likeness (QED) is 0.344. The normalized spacial score (nSPS) is 23.0. The lowest BCUT2D eigenvalue weighted by atomic mass is 9.87. The Morgan fingerprint density at radius 3 is 2.58 bits per heavy atom. The molecule has 4 heterocycles. The number of pyridine rings is 1. The first kappa shape index (κ1) is 26.9. The topological polar surface area (TPSA) is 54.4 Å². The molecule has 3 aliphatic rings. The van der Waals surface area contributed by atoms with Gasteiger partial charge in [-0.05, 0) is 79.8 Å². The molecule has 6 nitrogen and oxygen atoms in total. The number of hydrogen-bond donors (Lipinski definition) is 0. The average molecular weight is 560 g/mol. The van der Waals surface area contributed by atoms with E-state index < -0.39 is 29.3 Å². The molecular formula is C29H30F5N5O. The molecule has 0 N–H and O–H groups in total. The molecule has 11 heteroatoms. The van der Waals surface area contributed by atoms with Gasteiger partial charge in [-0.2, -0.15) is 23.4 Å². The van der Waals surface area contributed by atoms with E-state index in [-0.39, 0.29) is 34.8 Å². The molecule has 2 fully saturated rings. The van der Waals surface area contributed by atoms with Gasteiger partial charge in [0, 0.05) is 31.7 Å². The van der Waals surface area contributed by atoms with Crippen molar-refractivity contribution in [1.29, 1.82) is 0 Å². The summed E-state index contributed by atoms with van der Waals surface area (Å²) in [5.74, 6) is -0.0896. The van der Waals surface area contributed by atoms with Gasteiger partial charge in [0.2, 0.25) is 0 Å². The van der Waals surface area contributed by atoms with Crippen LogP contribution < -0.4 is 5.69 Å². The van der Waals surface area contributed by atoms with Crippen LogP contribution >= 0.6 is 0 Å². The first-order valence-electron chi connectivity index (χ1n) is 13.5. The third-order valence-corrected chi connectivity index (χ3v) is 8.51. The van der Waals surface area contributed by atoms with Crippen molar-refractivity contribution in [2.45, 2.75) is 64.1 Å². The Morgan fingerprint density at radius 2 is 1.90 bits per heavy atom. The molecule has 212 valence electrons. The lowest BCUT2D eigenvalue weighted by molar-refractivity contribution is -0.136. The minimum absolute atomic E-state index is 0.0230. The molecule has 0 bridgehead atoms. The SMILES string of the molecule is CC1C=NN=C(C(F)[C@](C)(F)c2cccc(-n3cc4c(C(F)(F)F)cc(CN5CCC6(CC6)C5)cn4c3=O)c2)C1. The zero-order chi connectivity index (χ0) is 28.4. The summed E-state index contributed by atoms with van der Waals surface area (Å²) in [6.45, 7) is 4.89. The number of nitrogens with zero attached hydrogens (tertiary/aromatic N) is 5. The minimum Gasteiger partial charge on any atom is -0.298 e. The van der Waals surface area contributed by atoms with Crippen molar-refractivity contribution >= 4 is 17.4 Å². The van der Waals surface area contributed by atoms with Gasteiger partial charge in [-0.3, -0.25) is 13.9 Å². The molecule has 2 aliphatic heterocycles. The lowest BCUT2D eigenvalue weighted by Crippen LogP contribution is -2.37. The van der Waals surface area contributed by atoms with Crippen LogP contribution in [0.2, 0.25) is 0 Å². The summed E-state index contributed by atoms with van der Waals surface area (Å²) in [6, 6.07) is 6.70. The molecule has 1 saturated heterocycles. The summed E-state index contributed by atoms with van der Waals surface area (Å²) in [7, 11) is 0. The molecular weight excluding hydrogens is 529 g/mol. The summed E-state index contributed by atoms with van der Waals surface area (Å²) in [6.07, 6.45) is 0.899. The average Bonchev–Trinajstić information content (AvgIpc) is 3.43. The van der Waals surface area contributed by atoms with Crippen molar-refractivity contribution in [3.8, 4) is 5.69 Å². The fourth-order valence-corrected chi connectivity index (χ4v) is 5.97. The van der Waals surface area contributed by atoms with E-state index in [0.29, 0.717) is 17.5 Å². The van der Waals surface area contributed by atoms with Gasteiger partial charge in [0.1, 0.15) is 0 Å². The highest BCUT2D eigenvalue weighted by Gasteiger charge is 2.47. The van der Waals surface area contributed by atoms with Gasteiger partial charge in [0.25, 0.3) is 0 Å². The Labute approximate surface area is 227 Å². The van der Waals surface area contributed by atoms with Crippen molar-refractivity contribution in [2.24, 2.45) is 21.5 Å². The van der Waals surface area contributed by atoms with Crippen LogP contribution in [-0.4, -0.2) is 45.1 Å². The smallest absolute Gasteiger partial charge is 0.298 e. The summed E-state index contributed by atoms with van der Waals surface area (Å²) in [5.41, 5.74) is -3.70. The molecule has 6 rings (SSSR count). The Bertz CT molecular complexity index is 1580. The summed E-state index contributed by atoms with van der Waals surface area (Å²) in [4.78, 5) is 15.6. The van der Waals surface area contributed by atoms with Gasteiger partial charge in [-0.1, -0.05) is 19.1 Å². The summed E-state index contributed by atoms with van der Waals surface area (Å²) >= 11 is 0. The number of imidazole rings is 1. The number of fused-ring (bicyclic) bond motifs is 1. The minimum atomic E-state index is -4.69. The number of halogens is 5. The number of hydrogen-bond acceptors (Lipinski definition) is 4. The van der Waals surface area contributed by atoms with E-state index in [4.69, 9.17) is 0 Å². The van der Waals surface area contributed by atoms with Crippen molar-refractivity contribution in [3.63, 3.8) is 0 Å². The van der Waals surface area contributed by atoms with Crippen LogP contribution in [0.15, 0.2) is 57.7 Å². The van der Waals surface area contributed by atoms with Crippen LogP contribution in [0.25, 0.3) is 11.2 Å². The van der Waals surface area contributed by atoms with Crippen molar-refractivity contribution in [1.82, 2.24) is 13.9 Å². The van der Waals surface area contributed by atoms with Gasteiger partial charge in [-0.25, -0.2) is 13.6 Å². The second-order valence-corrected chi connectivity index (χ2v) is 11.8. The molecule has 2 aromatic heterocycles. The van der Waals surface area contributed by atoms with E-state index >= 15 is 8.78 Å². The largest absolute Gasteiger partial charge is 0.418 e. The molecule has 40 heavy (non-hydrogen) atoms. The number of likely N-dealkylation sites (tertiary alicyclic amines) is 1. The van der Waals surface area contributed by atoms with Gasteiger partial charge in [0.15, 0.2) is 11.8 Å². The van der Waals surface area contributed by atoms with Gasteiger partial charge >= 0.3 is 11.9 Å². The zero-order valence-electron chi connectivity index (χ0n) is 22.3. The maximum atomic E-state index is 15.9. The molecule has 1 saturated carbocycles. The first-order valence-corrected chi connectivity index (χ1v) is 13.5. The Hall–Kier alpha value is -3.34. The highest BCUT2D eigenvalue weighted by atomic mass is 19.4. The van der Waals surface area contributed by atoms with E-state index in [1.54, 1.807) is 6.21 Å². The lowest BCUT2D eigenvalue weighted by Gasteiger charge is -2.27. The number of rotatable bonds is 6. The molecule has 2 unspecified atom stereocenters. The Balaban J connectivity index is 1.37. The van der Waals surface area contributed by atoms with E-state index in [9.17, 15) is 18.0 Å². The van der Waals surface area contributed by atoms with E-state index in [2.05, 4.69) is 15.1 Å². The molecule has 0 amide bonds. The van der Waals surface area contributed by atoms with E-state index in [1.807, 2.05) is 6.92 Å². The van der Waals surface area contributed by atoms with Gasteiger partial charge < -0.3 is 0 Å². The fraction of sp³-hybridized carbons (Fsp3) is 0.483. The summed E-state index contributed by atoms with van der Waals surface area (Å²) in [5, 5.41) is 7.55. The van der Waals surface area contributed by atoms with Crippen LogP contribution in [-0.2, 0) is 18.4 Å². The molecule has 3 aromatic rings. The van der Waals surface area contributed by atoms with E-state index in [0.717, 1.165) is 60.5 Å². The molecule has 1 aromatic carbocycles. The van der Waals surface area contributed by atoms with E-state index in [1.165, 1.54) is 30.5 Å². The van der Waals surface area contributed by atoms with Crippen molar-refractivity contribution in [2.75, 3.05) is 13.1 Å². The maximum absolute atomic E-state index is 15.9. The monoisotopic (exact) mass is 559 g/mol. The molecule has 1 aliphatic carbocycles. The first-order chi connectivity index (χ1) is 18.9. The highest BCUT2D eigenvalue weighted by molar-refractivity contribution is 5.93. The molecule has 1 spiro atoms. The third kappa shape index (κ3) is 4.78. The van der Waals surface area contributed by atoms with Crippen LogP contribution in [0.4, 0.5) is 22.0 Å². The van der Waals surface area contributed by atoms with Crippen molar-refractivity contribution in [3.05, 3.63) is 69.9 Å². The van der Waals surface area contributed by atoms with Crippen LogP contribution in [0.3, 0.4) is 0 Å². The van der Waals surface area contributed by atoms with Crippen LogP contribution in [0.1, 0.15) is 56.2 Å².